The molecule has 3 N–H and O–H groups in total. The van der Waals surface area contributed by atoms with Crippen LogP contribution in [0.5, 0.6) is 0 Å². The van der Waals surface area contributed by atoms with E-state index in [1.807, 2.05) is 0 Å². The molecule has 0 bridgehead atoms. The Morgan fingerprint density at radius 1 is 1.48 bits per heavy atom. The van der Waals surface area contributed by atoms with Gasteiger partial charge in [0.15, 0.2) is 0 Å². The first-order chi connectivity index (χ1) is 9.83. The highest BCUT2D eigenvalue weighted by Crippen LogP contribution is 2.23. The Labute approximate surface area is 131 Å². The molecule has 0 spiro atoms. The summed E-state index contributed by atoms with van der Waals surface area (Å²) in [5.74, 6) is -0.885. The number of nitrogens with two attached hydrogens (primary N) is 1. The van der Waals surface area contributed by atoms with Gasteiger partial charge >= 0.3 is 0 Å². The zero-order valence-electron chi connectivity index (χ0n) is 11.1. The SMILES string of the molecule is Cc1csc(CNS(=O)(=O)c2cc(Cl)cc(CN)c2F)n1. The van der Waals surface area contributed by atoms with Crippen molar-refractivity contribution in [1.29, 1.82) is 0 Å². The van der Waals surface area contributed by atoms with Crippen LogP contribution < -0.4 is 10.5 Å². The molecule has 1 aromatic heterocycles. The Balaban J connectivity index is 2.29. The summed E-state index contributed by atoms with van der Waals surface area (Å²) in [6.45, 7) is 1.66. The molecule has 0 aliphatic rings. The van der Waals surface area contributed by atoms with Gasteiger partial charge in [-0.15, -0.1) is 11.3 Å². The number of hydrogen-bond donors (Lipinski definition) is 2. The van der Waals surface area contributed by atoms with E-state index in [1.165, 1.54) is 17.4 Å². The van der Waals surface area contributed by atoms with Gasteiger partial charge in [0.2, 0.25) is 10.0 Å². The van der Waals surface area contributed by atoms with Crippen molar-refractivity contribution < 1.29 is 12.8 Å². The first kappa shape index (κ1) is 16.3. The fourth-order valence-corrected chi connectivity index (χ4v) is 3.92. The fourth-order valence-electron chi connectivity index (χ4n) is 1.68. The molecule has 5 nitrogen and oxygen atoms in total. The number of rotatable bonds is 5. The van der Waals surface area contributed by atoms with Crippen molar-refractivity contribution in [2.75, 3.05) is 0 Å². The molecular weight excluding hydrogens is 337 g/mol. The van der Waals surface area contributed by atoms with Crippen molar-refractivity contribution in [3.8, 4) is 0 Å². The van der Waals surface area contributed by atoms with Crippen molar-refractivity contribution in [3.63, 3.8) is 0 Å². The summed E-state index contributed by atoms with van der Waals surface area (Å²) in [5, 5.41) is 2.51. The van der Waals surface area contributed by atoms with Crippen LogP contribution >= 0.6 is 22.9 Å². The summed E-state index contributed by atoms with van der Waals surface area (Å²) in [5.41, 5.74) is 6.23. The van der Waals surface area contributed by atoms with Gasteiger partial charge < -0.3 is 5.73 Å². The topological polar surface area (TPSA) is 85.1 Å². The maximum atomic E-state index is 14.1. The summed E-state index contributed by atoms with van der Waals surface area (Å²) in [4.78, 5) is 3.62. The Morgan fingerprint density at radius 3 is 2.76 bits per heavy atom. The van der Waals surface area contributed by atoms with Gasteiger partial charge in [-0.05, 0) is 19.1 Å². The van der Waals surface area contributed by atoms with Crippen LogP contribution in [-0.4, -0.2) is 13.4 Å². The molecule has 0 aliphatic carbocycles. The predicted octanol–water partition coefficient (Wildman–Crippen LogP) is 2.18. The van der Waals surface area contributed by atoms with Gasteiger partial charge in [0.1, 0.15) is 15.7 Å². The highest BCUT2D eigenvalue weighted by molar-refractivity contribution is 7.89. The molecule has 2 rings (SSSR count). The summed E-state index contributed by atoms with van der Waals surface area (Å²) < 4.78 is 40.8. The minimum absolute atomic E-state index is 0.00917. The zero-order valence-corrected chi connectivity index (χ0v) is 13.4. The Bertz CT molecular complexity index is 762. The lowest BCUT2D eigenvalue weighted by atomic mass is 10.2. The standard InChI is InChI=1S/C12H13ClFN3O2S2/c1-7-6-20-11(17-7)5-16-21(18,19)10-3-9(13)2-8(4-15)12(10)14/h2-3,6,16H,4-5,15H2,1H3. The normalized spacial score (nSPS) is 11.8. The third-order valence-corrected chi connectivity index (χ3v) is 5.25. The number of thiazole rings is 1. The van der Waals surface area contributed by atoms with E-state index in [9.17, 15) is 12.8 Å². The molecule has 0 saturated heterocycles. The lowest BCUT2D eigenvalue weighted by Gasteiger charge is -2.10. The van der Waals surface area contributed by atoms with Crippen LogP contribution in [-0.2, 0) is 23.1 Å². The van der Waals surface area contributed by atoms with Gasteiger partial charge in [-0.2, -0.15) is 0 Å². The van der Waals surface area contributed by atoms with E-state index in [2.05, 4.69) is 9.71 Å². The number of aryl methyl sites for hydroxylation is 1. The smallest absolute Gasteiger partial charge is 0.243 e. The van der Waals surface area contributed by atoms with Crippen molar-refractivity contribution in [1.82, 2.24) is 9.71 Å². The van der Waals surface area contributed by atoms with Crippen LogP contribution in [0.4, 0.5) is 4.39 Å². The summed E-state index contributed by atoms with van der Waals surface area (Å²) in [7, 11) is -4.03. The van der Waals surface area contributed by atoms with Gasteiger partial charge in [0.25, 0.3) is 0 Å². The van der Waals surface area contributed by atoms with E-state index in [1.54, 1.807) is 12.3 Å². The number of nitrogens with one attached hydrogen (secondary N) is 1. The summed E-state index contributed by atoms with van der Waals surface area (Å²) >= 11 is 7.13. The van der Waals surface area contributed by atoms with Crippen molar-refractivity contribution in [2.45, 2.75) is 24.9 Å². The molecule has 0 atom stereocenters. The molecule has 0 aliphatic heterocycles. The molecule has 9 heteroatoms. The fraction of sp³-hybridized carbons (Fsp3) is 0.250. The van der Waals surface area contributed by atoms with Crippen LogP contribution in [0.15, 0.2) is 22.4 Å². The number of aromatic nitrogens is 1. The third kappa shape index (κ3) is 3.78. The summed E-state index contributed by atoms with van der Waals surface area (Å²) in [6, 6.07) is 2.37. The van der Waals surface area contributed by atoms with Gasteiger partial charge in [-0.25, -0.2) is 22.5 Å². The van der Waals surface area contributed by atoms with Gasteiger partial charge in [0, 0.05) is 28.2 Å². The second-order valence-electron chi connectivity index (χ2n) is 4.29. The highest BCUT2D eigenvalue weighted by Gasteiger charge is 2.22. The second-order valence-corrected chi connectivity index (χ2v) is 7.40. The predicted molar refractivity (Wildman–Crippen MR) is 80.2 cm³/mol. The first-order valence-electron chi connectivity index (χ1n) is 5.92. The maximum Gasteiger partial charge on any atom is 0.243 e. The minimum Gasteiger partial charge on any atom is -0.326 e. The Kier molecular flexibility index (Phi) is 4.95. The van der Waals surface area contributed by atoms with E-state index < -0.39 is 20.7 Å². The lowest BCUT2D eigenvalue weighted by Crippen LogP contribution is -2.24. The van der Waals surface area contributed by atoms with E-state index in [4.69, 9.17) is 17.3 Å². The quantitative estimate of drug-likeness (QED) is 0.866. The number of hydrogen-bond acceptors (Lipinski definition) is 5. The average Bonchev–Trinajstić information content (AvgIpc) is 2.84. The van der Waals surface area contributed by atoms with E-state index in [0.29, 0.717) is 5.01 Å². The van der Waals surface area contributed by atoms with E-state index in [0.717, 1.165) is 11.8 Å². The third-order valence-electron chi connectivity index (χ3n) is 2.67. The second kappa shape index (κ2) is 6.37. The molecule has 2 aromatic rings. The van der Waals surface area contributed by atoms with E-state index >= 15 is 0 Å². The first-order valence-corrected chi connectivity index (χ1v) is 8.66. The van der Waals surface area contributed by atoms with Crippen LogP contribution in [0, 0.1) is 12.7 Å². The van der Waals surface area contributed by atoms with Crippen LogP contribution in [0.25, 0.3) is 0 Å². The number of sulfonamides is 1. The highest BCUT2D eigenvalue weighted by atomic mass is 35.5. The molecule has 1 aromatic carbocycles. The minimum atomic E-state index is -4.03. The number of halogens is 2. The monoisotopic (exact) mass is 349 g/mol. The average molecular weight is 350 g/mol. The summed E-state index contributed by atoms with van der Waals surface area (Å²) in [6.07, 6.45) is 0. The van der Waals surface area contributed by atoms with Crippen LogP contribution in [0.3, 0.4) is 0 Å². The molecule has 0 saturated carbocycles. The molecule has 0 radical (unpaired) electrons. The van der Waals surface area contributed by atoms with Crippen molar-refractivity contribution in [2.24, 2.45) is 5.73 Å². The van der Waals surface area contributed by atoms with Crippen molar-refractivity contribution >= 4 is 33.0 Å². The maximum absolute atomic E-state index is 14.1. The molecular formula is C12H13ClFN3O2S2. The Morgan fingerprint density at radius 2 is 2.19 bits per heavy atom. The molecule has 0 amide bonds. The van der Waals surface area contributed by atoms with Gasteiger partial charge in [-0.3, -0.25) is 0 Å². The molecule has 0 unspecified atom stereocenters. The van der Waals surface area contributed by atoms with Crippen LogP contribution in [0.2, 0.25) is 5.02 Å². The van der Waals surface area contributed by atoms with Crippen LogP contribution in [0.1, 0.15) is 16.3 Å². The molecule has 114 valence electrons. The molecule has 0 fully saturated rings. The van der Waals surface area contributed by atoms with Crippen molar-refractivity contribution in [3.05, 3.63) is 44.6 Å². The van der Waals surface area contributed by atoms with Gasteiger partial charge in [0.05, 0.1) is 6.54 Å². The lowest BCUT2D eigenvalue weighted by molar-refractivity contribution is 0.549. The Hall–Kier alpha value is -1.06. The largest absolute Gasteiger partial charge is 0.326 e. The van der Waals surface area contributed by atoms with E-state index in [-0.39, 0.29) is 23.7 Å². The number of nitrogens with zero attached hydrogens (tertiary/aromatic N) is 1. The molecule has 21 heavy (non-hydrogen) atoms. The molecule has 1 heterocycles. The number of benzene rings is 1. The zero-order chi connectivity index (χ0) is 15.6. The van der Waals surface area contributed by atoms with Gasteiger partial charge in [-0.1, -0.05) is 11.6 Å².